The van der Waals surface area contributed by atoms with Crippen LogP contribution in [-0.2, 0) is 9.53 Å². The van der Waals surface area contributed by atoms with Crippen molar-refractivity contribution in [3.05, 3.63) is 29.8 Å². The molecule has 3 heteroatoms. The number of hydrogen-bond acceptors (Lipinski definition) is 3. The number of fused-ring (bicyclic) bond motifs is 1. The minimum absolute atomic E-state index is 0.162. The van der Waals surface area contributed by atoms with Crippen LogP contribution in [0.3, 0.4) is 0 Å². The van der Waals surface area contributed by atoms with Gasteiger partial charge in [-0.3, -0.25) is 4.79 Å². The second-order valence-electron chi connectivity index (χ2n) is 6.28. The van der Waals surface area contributed by atoms with E-state index in [-0.39, 0.29) is 29.3 Å². The minimum Gasteiger partial charge on any atom is -0.489 e. The van der Waals surface area contributed by atoms with Crippen LogP contribution in [0.15, 0.2) is 24.3 Å². The van der Waals surface area contributed by atoms with Gasteiger partial charge in [-0.05, 0) is 11.5 Å². The normalized spacial score (nSPS) is 23.4. The Kier molecular flexibility index (Phi) is 3.57. The van der Waals surface area contributed by atoms with Gasteiger partial charge in [-0.1, -0.05) is 45.9 Å². The molecule has 0 aliphatic carbocycles. The van der Waals surface area contributed by atoms with E-state index in [1.54, 1.807) is 0 Å². The second kappa shape index (κ2) is 4.87. The van der Waals surface area contributed by atoms with Gasteiger partial charge in [-0.25, -0.2) is 0 Å². The number of rotatable bonds is 2. The van der Waals surface area contributed by atoms with Crippen LogP contribution < -0.4 is 4.74 Å². The number of hydrogen-bond donors (Lipinski definition) is 0. The largest absolute Gasteiger partial charge is 0.489 e. The van der Waals surface area contributed by atoms with Gasteiger partial charge in [0.1, 0.15) is 11.9 Å². The summed E-state index contributed by atoms with van der Waals surface area (Å²) in [5, 5.41) is 0. The third-order valence-electron chi connectivity index (χ3n) is 3.88. The SMILES string of the molecule is COC(=O)C(C1Oc2ccccc2C1C)C(C)(C)C. The molecular formula is C16H22O3. The topological polar surface area (TPSA) is 35.5 Å². The van der Waals surface area contributed by atoms with E-state index < -0.39 is 0 Å². The van der Waals surface area contributed by atoms with Gasteiger partial charge < -0.3 is 9.47 Å². The Morgan fingerprint density at radius 1 is 1.32 bits per heavy atom. The number of carbonyl (C=O) groups is 1. The standard InChI is InChI=1S/C16H22O3/c1-10-11-8-6-7-9-12(11)19-14(10)13(15(17)18-5)16(2,3)4/h6-10,13-14H,1-5H3. The summed E-state index contributed by atoms with van der Waals surface area (Å²) in [7, 11) is 1.44. The highest BCUT2D eigenvalue weighted by Crippen LogP contribution is 2.45. The lowest BCUT2D eigenvalue weighted by atomic mass is 9.73. The molecule has 1 heterocycles. The molecule has 3 atom stereocenters. The maximum Gasteiger partial charge on any atom is 0.312 e. The average Bonchev–Trinajstić information content (AvgIpc) is 2.66. The molecule has 0 radical (unpaired) electrons. The Labute approximate surface area is 114 Å². The van der Waals surface area contributed by atoms with E-state index in [1.165, 1.54) is 12.7 Å². The fraction of sp³-hybridized carbons (Fsp3) is 0.562. The molecule has 104 valence electrons. The molecule has 1 aromatic carbocycles. The smallest absolute Gasteiger partial charge is 0.312 e. The lowest BCUT2D eigenvalue weighted by Crippen LogP contribution is -2.42. The van der Waals surface area contributed by atoms with Gasteiger partial charge in [0, 0.05) is 11.5 Å². The molecule has 0 bridgehead atoms. The van der Waals surface area contributed by atoms with Crippen LogP contribution in [0.4, 0.5) is 0 Å². The maximum atomic E-state index is 12.1. The van der Waals surface area contributed by atoms with Crippen molar-refractivity contribution in [3.63, 3.8) is 0 Å². The summed E-state index contributed by atoms with van der Waals surface area (Å²) < 4.78 is 11.0. The second-order valence-corrected chi connectivity index (χ2v) is 6.28. The van der Waals surface area contributed by atoms with Gasteiger partial charge in [0.2, 0.25) is 0 Å². The highest BCUT2D eigenvalue weighted by atomic mass is 16.5. The zero-order chi connectivity index (χ0) is 14.2. The van der Waals surface area contributed by atoms with Gasteiger partial charge >= 0.3 is 5.97 Å². The first-order valence-electron chi connectivity index (χ1n) is 6.69. The summed E-state index contributed by atoms with van der Waals surface area (Å²) in [6.07, 6.45) is -0.162. The van der Waals surface area contributed by atoms with E-state index in [2.05, 4.69) is 13.0 Å². The van der Waals surface area contributed by atoms with E-state index in [1.807, 2.05) is 39.0 Å². The van der Waals surface area contributed by atoms with Crippen LogP contribution >= 0.6 is 0 Å². The van der Waals surface area contributed by atoms with E-state index >= 15 is 0 Å². The highest BCUT2D eigenvalue weighted by Gasteiger charge is 2.46. The summed E-state index contributed by atoms with van der Waals surface area (Å²) in [6, 6.07) is 7.99. The molecule has 3 unspecified atom stereocenters. The number of para-hydroxylation sites is 1. The monoisotopic (exact) mass is 262 g/mol. The first kappa shape index (κ1) is 13.9. The van der Waals surface area contributed by atoms with Crippen LogP contribution in [0.5, 0.6) is 5.75 Å². The number of carbonyl (C=O) groups excluding carboxylic acids is 1. The molecule has 0 spiro atoms. The van der Waals surface area contributed by atoms with Crippen molar-refractivity contribution >= 4 is 5.97 Å². The molecule has 0 aromatic heterocycles. The van der Waals surface area contributed by atoms with Gasteiger partial charge in [0.25, 0.3) is 0 Å². The zero-order valence-electron chi connectivity index (χ0n) is 12.3. The van der Waals surface area contributed by atoms with Crippen LogP contribution in [0, 0.1) is 11.3 Å². The molecule has 0 saturated carbocycles. The molecular weight excluding hydrogens is 240 g/mol. The Balaban J connectivity index is 2.34. The lowest BCUT2D eigenvalue weighted by molar-refractivity contribution is -0.154. The predicted octanol–water partition coefficient (Wildman–Crippen LogP) is 3.39. The molecule has 1 aliphatic rings. The predicted molar refractivity (Wildman–Crippen MR) is 74.2 cm³/mol. The molecule has 0 saturated heterocycles. The van der Waals surface area contributed by atoms with Gasteiger partial charge in [0.15, 0.2) is 0 Å². The highest BCUT2D eigenvalue weighted by molar-refractivity contribution is 5.74. The number of methoxy groups -OCH3 is 1. The number of benzene rings is 1. The van der Waals surface area contributed by atoms with Crippen molar-refractivity contribution in [2.24, 2.45) is 11.3 Å². The van der Waals surface area contributed by atoms with Crippen molar-refractivity contribution in [1.29, 1.82) is 0 Å². The van der Waals surface area contributed by atoms with Crippen molar-refractivity contribution in [2.45, 2.75) is 39.7 Å². The Bertz CT molecular complexity index is 473. The van der Waals surface area contributed by atoms with Crippen molar-refractivity contribution in [3.8, 4) is 5.75 Å². The third-order valence-corrected chi connectivity index (χ3v) is 3.88. The fourth-order valence-electron chi connectivity index (χ4n) is 2.85. The Hall–Kier alpha value is -1.51. The molecule has 3 nitrogen and oxygen atoms in total. The average molecular weight is 262 g/mol. The van der Waals surface area contributed by atoms with Crippen LogP contribution in [-0.4, -0.2) is 19.2 Å². The quantitative estimate of drug-likeness (QED) is 0.766. The first-order valence-corrected chi connectivity index (χ1v) is 6.69. The number of esters is 1. The molecule has 19 heavy (non-hydrogen) atoms. The van der Waals surface area contributed by atoms with Crippen LogP contribution in [0.1, 0.15) is 39.2 Å². The fourth-order valence-corrected chi connectivity index (χ4v) is 2.85. The van der Waals surface area contributed by atoms with Gasteiger partial charge in [0.05, 0.1) is 13.0 Å². The van der Waals surface area contributed by atoms with Crippen LogP contribution in [0.2, 0.25) is 0 Å². The Morgan fingerprint density at radius 3 is 2.47 bits per heavy atom. The third kappa shape index (κ3) is 2.46. The van der Waals surface area contributed by atoms with Crippen LogP contribution in [0.25, 0.3) is 0 Å². The van der Waals surface area contributed by atoms with Gasteiger partial charge in [-0.15, -0.1) is 0 Å². The maximum absolute atomic E-state index is 12.1. The van der Waals surface area contributed by atoms with E-state index in [0.29, 0.717) is 0 Å². The molecule has 0 fully saturated rings. The lowest BCUT2D eigenvalue weighted by Gasteiger charge is -2.34. The minimum atomic E-state index is -0.278. The van der Waals surface area contributed by atoms with Crippen molar-refractivity contribution in [1.82, 2.24) is 0 Å². The van der Waals surface area contributed by atoms with Gasteiger partial charge in [-0.2, -0.15) is 0 Å². The molecule has 1 aliphatic heterocycles. The first-order chi connectivity index (χ1) is 8.86. The van der Waals surface area contributed by atoms with Crippen molar-refractivity contribution < 1.29 is 14.3 Å². The molecule has 2 rings (SSSR count). The van der Waals surface area contributed by atoms with E-state index in [4.69, 9.17) is 9.47 Å². The molecule has 1 aromatic rings. The Morgan fingerprint density at radius 2 is 1.95 bits per heavy atom. The summed E-state index contributed by atoms with van der Waals surface area (Å²) in [5.74, 6) is 0.606. The summed E-state index contributed by atoms with van der Waals surface area (Å²) >= 11 is 0. The molecule has 0 N–H and O–H groups in total. The summed E-state index contributed by atoms with van der Waals surface area (Å²) in [4.78, 5) is 12.1. The molecule has 0 amide bonds. The zero-order valence-corrected chi connectivity index (χ0v) is 12.3. The number of ether oxygens (including phenoxy) is 2. The summed E-state index contributed by atoms with van der Waals surface area (Å²) in [5.41, 5.74) is 0.972. The summed E-state index contributed by atoms with van der Waals surface area (Å²) in [6.45, 7) is 8.26. The van der Waals surface area contributed by atoms with E-state index in [9.17, 15) is 4.79 Å². The van der Waals surface area contributed by atoms with E-state index in [0.717, 1.165) is 5.75 Å². The van der Waals surface area contributed by atoms with Crippen molar-refractivity contribution in [2.75, 3.05) is 7.11 Å².